The summed E-state index contributed by atoms with van der Waals surface area (Å²) in [4.78, 5) is 16.6. The molecule has 2 atom stereocenters. The van der Waals surface area contributed by atoms with Gasteiger partial charge in [0, 0.05) is 22.7 Å². The van der Waals surface area contributed by atoms with Gasteiger partial charge in [0.15, 0.2) is 0 Å². The fourth-order valence-corrected chi connectivity index (χ4v) is 3.17. The first-order chi connectivity index (χ1) is 11.8. The van der Waals surface area contributed by atoms with Gasteiger partial charge in [-0.15, -0.1) is 0 Å². The van der Waals surface area contributed by atoms with Crippen molar-refractivity contribution < 1.29 is 14.6 Å². The van der Waals surface area contributed by atoms with Gasteiger partial charge in [-0.1, -0.05) is 12.1 Å². The Kier molecular flexibility index (Phi) is 5.11. The fourth-order valence-electron chi connectivity index (χ4n) is 2.93. The molecule has 0 saturated carbocycles. The molecular formula is C19H21BrN2O3. The number of carbonyl (C=O) groups is 1. The second-order valence-corrected chi connectivity index (χ2v) is 7.49. The number of nitrogens with one attached hydrogen (secondary N) is 1. The van der Waals surface area contributed by atoms with E-state index < -0.39 is 5.60 Å². The van der Waals surface area contributed by atoms with E-state index in [0.29, 0.717) is 18.8 Å². The standard InChI is InChI=1S/C19H21BrN2O3/c1-12(16-6-4-14(20)11-21-16)22-18(23)10-13-3-5-15-17(9-13)25-8-7-19(15,2)24/h3-6,9,11-12,24H,7-8,10H2,1-2H3,(H,22,23)/t12-,19?/m1/s1. The number of ether oxygens (including phenoxy) is 1. The number of aromatic nitrogens is 1. The van der Waals surface area contributed by atoms with Crippen LogP contribution >= 0.6 is 15.9 Å². The third-order valence-corrected chi connectivity index (χ3v) is 4.88. The SMILES string of the molecule is C[C@@H](NC(=O)Cc1ccc2c(c1)OCCC2(C)O)c1ccc(Br)cn1. The van der Waals surface area contributed by atoms with Crippen LogP contribution in [0.1, 0.15) is 43.1 Å². The highest BCUT2D eigenvalue weighted by Gasteiger charge is 2.30. The fraction of sp³-hybridized carbons (Fsp3) is 0.368. The number of carbonyl (C=O) groups excluding carboxylic acids is 1. The van der Waals surface area contributed by atoms with E-state index in [1.54, 1.807) is 13.1 Å². The Bertz CT molecular complexity index is 775. The van der Waals surface area contributed by atoms with Crippen LogP contribution in [0.15, 0.2) is 41.0 Å². The van der Waals surface area contributed by atoms with Gasteiger partial charge in [0.05, 0.1) is 30.4 Å². The molecule has 1 aliphatic rings. The highest BCUT2D eigenvalue weighted by atomic mass is 79.9. The molecule has 6 heteroatoms. The van der Waals surface area contributed by atoms with Crippen molar-refractivity contribution in [2.24, 2.45) is 0 Å². The van der Waals surface area contributed by atoms with E-state index in [9.17, 15) is 9.90 Å². The van der Waals surface area contributed by atoms with Crippen molar-refractivity contribution in [1.29, 1.82) is 0 Å². The van der Waals surface area contributed by atoms with E-state index in [-0.39, 0.29) is 18.4 Å². The molecular weight excluding hydrogens is 384 g/mol. The number of hydrogen-bond acceptors (Lipinski definition) is 4. The van der Waals surface area contributed by atoms with Crippen molar-refractivity contribution in [2.45, 2.75) is 38.3 Å². The maximum atomic E-state index is 12.3. The first-order valence-corrected chi connectivity index (χ1v) is 9.04. The number of halogens is 1. The lowest BCUT2D eigenvalue weighted by Crippen LogP contribution is -2.30. The predicted molar refractivity (Wildman–Crippen MR) is 98.3 cm³/mol. The zero-order valence-corrected chi connectivity index (χ0v) is 15.8. The van der Waals surface area contributed by atoms with E-state index in [1.165, 1.54) is 0 Å². The first-order valence-electron chi connectivity index (χ1n) is 8.24. The monoisotopic (exact) mass is 404 g/mol. The lowest BCUT2D eigenvalue weighted by Gasteiger charge is -2.31. The van der Waals surface area contributed by atoms with Gasteiger partial charge in [0.25, 0.3) is 0 Å². The molecule has 1 aromatic carbocycles. The predicted octanol–water partition coefficient (Wildman–Crippen LogP) is 3.25. The molecule has 1 aliphatic heterocycles. The second kappa shape index (κ2) is 7.14. The summed E-state index contributed by atoms with van der Waals surface area (Å²) < 4.78 is 6.54. The van der Waals surface area contributed by atoms with Crippen molar-refractivity contribution in [3.05, 3.63) is 57.8 Å². The summed E-state index contributed by atoms with van der Waals surface area (Å²) in [6.07, 6.45) is 2.53. The van der Waals surface area contributed by atoms with E-state index in [4.69, 9.17) is 4.74 Å². The van der Waals surface area contributed by atoms with Gasteiger partial charge < -0.3 is 15.2 Å². The zero-order chi connectivity index (χ0) is 18.0. The highest BCUT2D eigenvalue weighted by molar-refractivity contribution is 9.10. The maximum absolute atomic E-state index is 12.3. The van der Waals surface area contributed by atoms with Crippen molar-refractivity contribution in [3.8, 4) is 5.75 Å². The molecule has 1 aromatic heterocycles. The van der Waals surface area contributed by atoms with Crippen molar-refractivity contribution >= 4 is 21.8 Å². The van der Waals surface area contributed by atoms with Crippen LogP contribution in [0.2, 0.25) is 0 Å². The summed E-state index contributed by atoms with van der Waals surface area (Å²) in [7, 11) is 0. The summed E-state index contributed by atoms with van der Waals surface area (Å²) >= 11 is 3.35. The van der Waals surface area contributed by atoms with Gasteiger partial charge in [0.1, 0.15) is 5.75 Å². The molecule has 3 rings (SSSR count). The zero-order valence-electron chi connectivity index (χ0n) is 14.3. The Morgan fingerprint density at radius 3 is 2.96 bits per heavy atom. The minimum atomic E-state index is -0.879. The minimum absolute atomic E-state index is 0.0836. The second-order valence-electron chi connectivity index (χ2n) is 6.57. The number of aliphatic hydroxyl groups is 1. The Labute approximate surface area is 155 Å². The minimum Gasteiger partial charge on any atom is -0.493 e. The quantitative estimate of drug-likeness (QED) is 0.819. The van der Waals surface area contributed by atoms with Crippen LogP contribution in [-0.4, -0.2) is 22.6 Å². The summed E-state index contributed by atoms with van der Waals surface area (Å²) in [6, 6.07) is 9.16. The number of benzene rings is 1. The Balaban J connectivity index is 1.66. The number of hydrogen-bond donors (Lipinski definition) is 2. The molecule has 1 amide bonds. The van der Waals surface area contributed by atoms with Crippen LogP contribution in [0.25, 0.3) is 0 Å². The molecule has 2 N–H and O–H groups in total. The molecule has 132 valence electrons. The molecule has 1 unspecified atom stereocenters. The van der Waals surface area contributed by atoms with Gasteiger partial charge in [-0.2, -0.15) is 0 Å². The topological polar surface area (TPSA) is 71.5 Å². The third-order valence-electron chi connectivity index (χ3n) is 4.41. The van der Waals surface area contributed by atoms with Gasteiger partial charge in [-0.3, -0.25) is 9.78 Å². The highest BCUT2D eigenvalue weighted by Crippen LogP contribution is 2.37. The first kappa shape index (κ1) is 17.9. The Morgan fingerprint density at radius 1 is 1.44 bits per heavy atom. The number of amides is 1. The maximum Gasteiger partial charge on any atom is 0.224 e. The van der Waals surface area contributed by atoms with Crippen LogP contribution < -0.4 is 10.1 Å². The smallest absolute Gasteiger partial charge is 0.224 e. The molecule has 5 nitrogen and oxygen atoms in total. The summed E-state index contributed by atoms with van der Waals surface area (Å²) in [6.45, 7) is 4.16. The molecule has 0 fully saturated rings. The van der Waals surface area contributed by atoms with Crippen molar-refractivity contribution in [2.75, 3.05) is 6.61 Å². The van der Waals surface area contributed by atoms with E-state index in [2.05, 4.69) is 26.2 Å². The van der Waals surface area contributed by atoms with Crippen LogP contribution in [0, 0.1) is 0 Å². The summed E-state index contributed by atoms with van der Waals surface area (Å²) in [5, 5.41) is 13.3. The van der Waals surface area contributed by atoms with Gasteiger partial charge in [-0.25, -0.2) is 0 Å². The van der Waals surface area contributed by atoms with Crippen LogP contribution in [0.5, 0.6) is 5.75 Å². The van der Waals surface area contributed by atoms with Gasteiger partial charge in [0.2, 0.25) is 5.91 Å². The molecule has 0 radical (unpaired) electrons. The van der Waals surface area contributed by atoms with Gasteiger partial charge in [-0.05, 0) is 53.5 Å². The largest absolute Gasteiger partial charge is 0.493 e. The summed E-state index contributed by atoms with van der Waals surface area (Å²) in [5.74, 6) is 0.573. The lowest BCUT2D eigenvalue weighted by molar-refractivity contribution is -0.121. The van der Waals surface area contributed by atoms with E-state index >= 15 is 0 Å². The molecule has 0 saturated heterocycles. The van der Waals surface area contributed by atoms with Crippen molar-refractivity contribution in [1.82, 2.24) is 10.3 Å². The van der Waals surface area contributed by atoms with Crippen LogP contribution in [-0.2, 0) is 16.8 Å². The third kappa shape index (κ3) is 4.19. The van der Waals surface area contributed by atoms with Crippen LogP contribution in [0.3, 0.4) is 0 Å². The molecule has 25 heavy (non-hydrogen) atoms. The van der Waals surface area contributed by atoms with Crippen LogP contribution in [0.4, 0.5) is 0 Å². The Hall–Kier alpha value is -1.92. The number of pyridine rings is 1. The average Bonchev–Trinajstić information content (AvgIpc) is 2.54. The molecule has 2 heterocycles. The molecule has 0 aliphatic carbocycles. The molecule has 0 bridgehead atoms. The van der Waals surface area contributed by atoms with Crippen molar-refractivity contribution in [3.63, 3.8) is 0 Å². The van der Waals surface area contributed by atoms with Gasteiger partial charge >= 0.3 is 0 Å². The molecule has 2 aromatic rings. The Morgan fingerprint density at radius 2 is 2.24 bits per heavy atom. The number of fused-ring (bicyclic) bond motifs is 1. The average molecular weight is 405 g/mol. The molecule has 0 spiro atoms. The van der Waals surface area contributed by atoms with E-state index in [1.807, 2.05) is 37.3 Å². The summed E-state index contributed by atoms with van der Waals surface area (Å²) in [5.41, 5.74) is 1.55. The lowest BCUT2D eigenvalue weighted by atomic mass is 9.89. The number of rotatable bonds is 4. The van der Waals surface area contributed by atoms with E-state index in [0.717, 1.165) is 21.3 Å². The number of nitrogens with zero attached hydrogens (tertiary/aromatic N) is 1. The normalized spacial score (nSPS) is 20.3.